The molecule has 0 saturated heterocycles. The molecule has 0 bridgehead atoms. The van der Waals surface area contributed by atoms with Crippen molar-refractivity contribution in [2.24, 2.45) is 23.7 Å². The topological polar surface area (TPSA) is 0 Å². The summed E-state index contributed by atoms with van der Waals surface area (Å²) in [5.74, 6) is 3.81. The normalized spacial score (nSPS) is 29.3. The summed E-state index contributed by atoms with van der Waals surface area (Å²) in [5.41, 5.74) is 0.957. The molecule has 3 rings (SSSR count). The van der Waals surface area contributed by atoms with E-state index < -0.39 is 0 Å². The van der Waals surface area contributed by atoms with Crippen molar-refractivity contribution in [3.05, 3.63) is 40.1 Å². The van der Waals surface area contributed by atoms with Crippen LogP contribution in [0.25, 0.3) is 6.08 Å². The van der Waals surface area contributed by atoms with Crippen LogP contribution >= 0.6 is 15.9 Å². The lowest BCUT2D eigenvalue weighted by atomic mass is 9.68. The van der Waals surface area contributed by atoms with Crippen LogP contribution in [-0.4, -0.2) is 0 Å². The Balaban J connectivity index is 1.34. The predicted octanol–water partition coefficient (Wildman–Crippen LogP) is 8.79. The molecule has 0 spiro atoms. The van der Waals surface area contributed by atoms with Gasteiger partial charge in [-0.15, -0.1) is 0 Å². The third-order valence-corrected chi connectivity index (χ3v) is 7.79. The zero-order chi connectivity index (χ0) is 19.1. The Kier molecular flexibility index (Phi) is 8.43. The first kappa shape index (κ1) is 21.1. The second-order valence-corrected chi connectivity index (χ2v) is 9.86. The van der Waals surface area contributed by atoms with Crippen molar-refractivity contribution < 1.29 is 4.39 Å². The van der Waals surface area contributed by atoms with Gasteiger partial charge < -0.3 is 0 Å². The van der Waals surface area contributed by atoms with Gasteiger partial charge in [0.25, 0.3) is 0 Å². The van der Waals surface area contributed by atoms with Gasteiger partial charge in [0.05, 0.1) is 4.47 Å². The highest BCUT2D eigenvalue weighted by atomic mass is 79.9. The smallest absolute Gasteiger partial charge is 0.137 e. The van der Waals surface area contributed by atoms with Crippen LogP contribution < -0.4 is 0 Å². The standard InChI is InChI=1S/C25H36BrF/c1-2-5-19-8-13-22(14-9-19)23-15-10-20(11-16-23)6-3-4-7-21-12-17-24(26)25(27)18-21/h4,7,12,17-20,22-23H,2-3,5-6,8-11,13-16H2,1H3/b7-4-. The number of rotatable bonds is 7. The van der Waals surface area contributed by atoms with Crippen LogP contribution in [0.2, 0.25) is 0 Å². The average molecular weight is 435 g/mol. The van der Waals surface area contributed by atoms with E-state index >= 15 is 0 Å². The van der Waals surface area contributed by atoms with Crippen molar-refractivity contribution in [2.75, 3.05) is 0 Å². The molecule has 1 aromatic rings. The second kappa shape index (κ2) is 10.8. The van der Waals surface area contributed by atoms with E-state index in [1.54, 1.807) is 12.1 Å². The molecule has 1 aromatic carbocycles. The fraction of sp³-hybridized carbons (Fsp3) is 0.680. The lowest BCUT2D eigenvalue weighted by Gasteiger charge is -2.38. The number of allylic oxidation sites excluding steroid dienone is 1. The summed E-state index contributed by atoms with van der Waals surface area (Å²) >= 11 is 3.21. The van der Waals surface area contributed by atoms with Gasteiger partial charge in [-0.05, 0) is 95.8 Å². The van der Waals surface area contributed by atoms with E-state index in [4.69, 9.17) is 0 Å². The summed E-state index contributed by atoms with van der Waals surface area (Å²) in [6.45, 7) is 2.33. The molecule has 2 aliphatic rings. The summed E-state index contributed by atoms with van der Waals surface area (Å²) in [4.78, 5) is 0. The maximum Gasteiger partial charge on any atom is 0.137 e. The number of hydrogen-bond donors (Lipinski definition) is 0. The fourth-order valence-corrected chi connectivity index (χ4v) is 5.72. The summed E-state index contributed by atoms with van der Waals surface area (Å²) in [5, 5.41) is 0. The lowest BCUT2D eigenvalue weighted by Crippen LogP contribution is -2.25. The highest BCUT2D eigenvalue weighted by Gasteiger charge is 2.30. The van der Waals surface area contributed by atoms with Gasteiger partial charge in [-0.1, -0.05) is 63.7 Å². The van der Waals surface area contributed by atoms with Crippen molar-refractivity contribution in [3.63, 3.8) is 0 Å². The minimum Gasteiger partial charge on any atom is -0.206 e. The van der Waals surface area contributed by atoms with E-state index in [0.717, 1.165) is 35.7 Å². The number of halogens is 2. The molecule has 0 aromatic heterocycles. The number of hydrogen-bond acceptors (Lipinski definition) is 0. The maximum absolute atomic E-state index is 13.5. The summed E-state index contributed by atoms with van der Waals surface area (Å²) in [6, 6.07) is 5.34. The Hall–Kier alpha value is -0.630. The lowest BCUT2D eigenvalue weighted by molar-refractivity contribution is 0.141. The Morgan fingerprint density at radius 2 is 1.52 bits per heavy atom. The van der Waals surface area contributed by atoms with Gasteiger partial charge >= 0.3 is 0 Å². The Morgan fingerprint density at radius 1 is 0.926 bits per heavy atom. The zero-order valence-electron chi connectivity index (χ0n) is 16.9. The van der Waals surface area contributed by atoms with E-state index in [1.165, 1.54) is 70.6 Å². The van der Waals surface area contributed by atoms with Gasteiger partial charge in [0.1, 0.15) is 5.82 Å². The molecule has 0 radical (unpaired) electrons. The minimum atomic E-state index is -0.181. The quantitative estimate of drug-likeness (QED) is 0.401. The molecule has 0 unspecified atom stereocenters. The second-order valence-electron chi connectivity index (χ2n) is 9.00. The van der Waals surface area contributed by atoms with Gasteiger partial charge in [0, 0.05) is 0 Å². The maximum atomic E-state index is 13.5. The third-order valence-electron chi connectivity index (χ3n) is 7.14. The van der Waals surface area contributed by atoms with Crippen molar-refractivity contribution in [2.45, 2.75) is 84.0 Å². The van der Waals surface area contributed by atoms with Gasteiger partial charge in [0.15, 0.2) is 0 Å². The number of benzene rings is 1. The first-order valence-electron chi connectivity index (χ1n) is 11.3. The summed E-state index contributed by atoms with van der Waals surface area (Å²) in [6.07, 6.45) is 21.3. The van der Waals surface area contributed by atoms with Crippen LogP contribution in [0.15, 0.2) is 28.7 Å². The van der Waals surface area contributed by atoms with Crippen LogP contribution in [0, 0.1) is 29.5 Å². The molecule has 0 heterocycles. The zero-order valence-corrected chi connectivity index (χ0v) is 18.5. The van der Waals surface area contributed by atoms with E-state index in [0.29, 0.717) is 4.47 Å². The van der Waals surface area contributed by atoms with E-state index in [9.17, 15) is 4.39 Å². The highest BCUT2D eigenvalue weighted by Crippen LogP contribution is 2.42. The minimum absolute atomic E-state index is 0.181. The Bertz CT molecular complexity index is 592. The highest BCUT2D eigenvalue weighted by molar-refractivity contribution is 9.10. The summed E-state index contributed by atoms with van der Waals surface area (Å²) in [7, 11) is 0. The fourth-order valence-electron chi connectivity index (χ4n) is 5.47. The molecule has 0 atom stereocenters. The molecule has 2 fully saturated rings. The van der Waals surface area contributed by atoms with E-state index in [1.807, 2.05) is 6.07 Å². The predicted molar refractivity (Wildman–Crippen MR) is 118 cm³/mol. The Morgan fingerprint density at radius 3 is 2.07 bits per heavy atom. The summed E-state index contributed by atoms with van der Waals surface area (Å²) < 4.78 is 14.1. The van der Waals surface area contributed by atoms with Crippen LogP contribution in [-0.2, 0) is 0 Å². The molecular weight excluding hydrogens is 399 g/mol. The third kappa shape index (κ3) is 6.44. The van der Waals surface area contributed by atoms with Gasteiger partial charge in [-0.2, -0.15) is 0 Å². The molecule has 2 aliphatic carbocycles. The van der Waals surface area contributed by atoms with Crippen molar-refractivity contribution >= 4 is 22.0 Å². The van der Waals surface area contributed by atoms with Crippen LogP contribution in [0.3, 0.4) is 0 Å². The molecular formula is C25H36BrF. The molecule has 2 saturated carbocycles. The van der Waals surface area contributed by atoms with Gasteiger partial charge in [-0.25, -0.2) is 4.39 Å². The first-order valence-corrected chi connectivity index (χ1v) is 12.1. The van der Waals surface area contributed by atoms with E-state index in [-0.39, 0.29) is 5.82 Å². The van der Waals surface area contributed by atoms with Crippen LogP contribution in [0.4, 0.5) is 4.39 Å². The van der Waals surface area contributed by atoms with E-state index in [2.05, 4.69) is 35.0 Å². The molecule has 150 valence electrons. The molecule has 0 aliphatic heterocycles. The molecule has 27 heavy (non-hydrogen) atoms. The largest absolute Gasteiger partial charge is 0.206 e. The monoisotopic (exact) mass is 434 g/mol. The van der Waals surface area contributed by atoms with Crippen LogP contribution in [0.1, 0.15) is 89.5 Å². The molecule has 0 nitrogen and oxygen atoms in total. The Labute approximate surface area is 174 Å². The van der Waals surface area contributed by atoms with Gasteiger partial charge in [-0.3, -0.25) is 0 Å². The van der Waals surface area contributed by atoms with Crippen molar-refractivity contribution in [3.8, 4) is 0 Å². The molecule has 0 amide bonds. The van der Waals surface area contributed by atoms with Crippen molar-refractivity contribution in [1.82, 2.24) is 0 Å². The average Bonchev–Trinajstić information content (AvgIpc) is 2.69. The van der Waals surface area contributed by atoms with Crippen molar-refractivity contribution in [1.29, 1.82) is 0 Å². The van der Waals surface area contributed by atoms with Crippen LogP contribution in [0.5, 0.6) is 0 Å². The van der Waals surface area contributed by atoms with Gasteiger partial charge in [0.2, 0.25) is 0 Å². The molecule has 2 heteroatoms. The first-order chi connectivity index (χ1) is 13.2. The SMILES string of the molecule is CCCC1CCC(C2CCC(CC/C=C\c3ccc(Br)c(F)c3)CC2)CC1. The molecule has 0 N–H and O–H groups in total.